The molecule has 1 aromatic rings. The number of morpholine rings is 1. The molecule has 106 valence electrons. The van der Waals surface area contributed by atoms with Crippen molar-refractivity contribution in [3.8, 4) is 0 Å². The lowest BCUT2D eigenvalue weighted by Crippen LogP contribution is -2.57. The summed E-state index contributed by atoms with van der Waals surface area (Å²) in [7, 11) is 0. The number of ether oxygens (including phenoxy) is 1. The largest absolute Gasteiger partial charge is 0.378 e. The molecule has 2 unspecified atom stereocenters. The minimum atomic E-state index is -0.214. The van der Waals surface area contributed by atoms with E-state index in [-0.39, 0.29) is 23.4 Å². The van der Waals surface area contributed by atoms with Crippen molar-refractivity contribution in [2.24, 2.45) is 5.73 Å². The molecule has 1 aliphatic rings. The van der Waals surface area contributed by atoms with Gasteiger partial charge in [0.25, 0.3) is 0 Å². The summed E-state index contributed by atoms with van der Waals surface area (Å²) >= 11 is 0. The molecule has 1 fully saturated rings. The summed E-state index contributed by atoms with van der Waals surface area (Å²) in [5, 5.41) is 0. The third kappa shape index (κ3) is 3.14. The van der Waals surface area contributed by atoms with E-state index in [2.05, 4.69) is 18.7 Å². The van der Waals surface area contributed by atoms with Crippen LogP contribution in [-0.2, 0) is 4.74 Å². The lowest BCUT2D eigenvalue weighted by atomic mass is 9.92. The summed E-state index contributed by atoms with van der Waals surface area (Å²) in [6.07, 6.45) is 0. The first-order chi connectivity index (χ1) is 8.92. The molecule has 0 bridgehead atoms. The Morgan fingerprint density at radius 3 is 2.47 bits per heavy atom. The fourth-order valence-corrected chi connectivity index (χ4v) is 2.81. The number of rotatable bonds is 3. The quantitative estimate of drug-likeness (QED) is 0.912. The lowest BCUT2D eigenvalue weighted by molar-refractivity contribution is -0.0766. The van der Waals surface area contributed by atoms with Crippen LogP contribution < -0.4 is 5.73 Å². The molecule has 0 aliphatic carbocycles. The van der Waals surface area contributed by atoms with Gasteiger partial charge in [-0.05, 0) is 38.5 Å². The maximum Gasteiger partial charge on any atom is 0.123 e. The highest BCUT2D eigenvalue weighted by molar-refractivity contribution is 5.22. The maximum absolute atomic E-state index is 13.1. The van der Waals surface area contributed by atoms with Crippen LogP contribution in [0.2, 0.25) is 0 Å². The van der Waals surface area contributed by atoms with Gasteiger partial charge in [-0.2, -0.15) is 0 Å². The third-order valence-electron chi connectivity index (χ3n) is 3.75. The topological polar surface area (TPSA) is 38.5 Å². The van der Waals surface area contributed by atoms with Crippen LogP contribution in [0.4, 0.5) is 4.39 Å². The van der Waals surface area contributed by atoms with Crippen molar-refractivity contribution < 1.29 is 9.13 Å². The zero-order chi connectivity index (χ0) is 14.0. The van der Waals surface area contributed by atoms with Crippen molar-refractivity contribution in [1.29, 1.82) is 0 Å². The highest BCUT2D eigenvalue weighted by Crippen LogP contribution is 2.32. The van der Waals surface area contributed by atoms with Crippen molar-refractivity contribution in [3.05, 3.63) is 35.6 Å². The van der Waals surface area contributed by atoms with Crippen molar-refractivity contribution in [1.82, 2.24) is 4.90 Å². The van der Waals surface area contributed by atoms with Crippen LogP contribution >= 0.6 is 0 Å². The molecule has 2 rings (SSSR count). The number of benzene rings is 1. The molecule has 1 aliphatic heterocycles. The van der Waals surface area contributed by atoms with Crippen molar-refractivity contribution in [2.75, 3.05) is 19.8 Å². The first kappa shape index (κ1) is 14.4. The first-order valence-electron chi connectivity index (χ1n) is 6.77. The van der Waals surface area contributed by atoms with E-state index >= 15 is 0 Å². The van der Waals surface area contributed by atoms with E-state index in [0.29, 0.717) is 13.2 Å². The molecule has 4 heteroatoms. The molecular weight excluding hydrogens is 243 g/mol. The summed E-state index contributed by atoms with van der Waals surface area (Å²) < 4.78 is 18.6. The van der Waals surface area contributed by atoms with Crippen LogP contribution in [0, 0.1) is 5.82 Å². The normalized spacial score (nSPS) is 23.0. The zero-order valence-corrected chi connectivity index (χ0v) is 11.9. The lowest BCUT2D eigenvalue weighted by Gasteiger charge is -2.48. The molecule has 1 aromatic carbocycles. The summed E-state index contributed by atoms with van der Waals surface area (Å²) in [6, 6.07) is 6.71. The van der Waals surface area contributed by atoms with Crippen LogP contribution in [0.15, 0.2) is 24.3 Å². The monoisotopic (exact) mass is 266 g/mol. The van der Waals surface area contributed by atoms with E-state index in [1.165, 1.54) is 12.1 Å². The minimum Gasteiger partial charge on any atom is -0.378 e. The van der Waals surface area contributed by atoms with E-state index in [0.717, 1.165) is 12.1 Å². The predicted molar refractivity (Wildman–Crippen MR) is 74.4 cm³/mol. The molecule has 0 saturated carbocycles. The Bertz CT molecular complexity index is 417. The van der Waals surface area contributed by atoms with Gasteiger partial charge in [0.05, 0.1) is 19.3 Å². The van der Waals surface area contributed by atoms with Crippen LogP contribution in [0.3, 0.4) is 0 Å². The van der Waals surface area contributed by atoms with Gasteiger partial charge < -0.3 is 10.5 Å². The Labute approximate surface area is 114 Å². The Kier molecular flexibility index (Phi) is 4.23. The van der Waals surface area contributed by atoms with Gasteiger partial charge in [-0.25, -0.2) is 4.39 Å². The van der Waals surface area contributed by atoms with Gasteiger partial charge in [-0.3, -0.25) is 4.90 Å². The molecule has 0 spiro atoms. The molecule has 1 saturated heterocycles. The summed E-state index contributed by atoms with van der Waals surface area (Å²) in [6.45, 7) is 8.57. The fraction of sp³-hybridized carbons (Fsp3) is 0.600. The molecule has 19 heavy (non-hydrogen) atoms. The maximum atomic E-state index is 13.1. The van der Waals surface area contributed by atoms with Crippen molar-refractivity contribution >= 4 is 0 Å². The van der Waals surface area contributed by atoms with Crippen molar-refractivity contribution in [2.45, 2.75) is 38.4 Å². The predicted octanol–water partition coefficient (Wildman–Crippen LogP) is 2.32. The average molecular weight is 266 g/mol. The number of nitrogens with zero attached hydrogens (tertiary/aromatic N) is 1. The first-order valence-corrected chi connectivity index (χ1v) is 6.77. The summed E-state index contributed by atoms with van der Waals surface area (Å²) in [5.74, 6) is -0.214. The Morgan fingerprint density at radius 2 is 1.95 bits per heavy atom. The second kappa shape index (κ2) is 5.57. The SMILES string of the molecule is CC(N)C(c1ccc(F)cc1)N1CCOCC1(C)C. The van der Waals surface area contributed by atoms with Crippen molar-refractivity contribution in [3.63, 3.8) is 0 Å². The zero-order valence-electron chi connectivity index (χ0n) is 11.9. The average Bonchev–Trinajstić information content (AvgIpc) is 2.33. The number of nitrogens with two attached hydrogens (primary N) is 1. The van der Waals surface area contributed by atoms with Crippen LogP contribution in [-0.4, -0.2) is 36.2 Å². The van der Waals surface area contributed by atoms with E-state index in [9.17, 15) is 4.39 Å². The highest BCUT2D eigenvalue weighted by atomic mass is 19.1. The smallest absolute Gasteiger partial charge is 0.123 e. The van der Waals surface area contributed by atoms with E-state index in [4.69, 9.17) is 10.5 Å². The highest BCUT2D eigenvalue weighted by Gasteiger charge is 2.37. The minimum absolute atomic E-state index is 0.0252. The van der Waals surface area contributed by atoms with Gasteiger partial charge >= 0.3 is 0 Å². The van der Waals surface area contributed by atoms with Crippen LogP contribution in [0.1, 0.15) is 32.4 Å². The Morgan fingerprint density at radius 1 is 1.32 bits per heavy atom. The Balaban J connectivity index is 2.31. The third-order valence-corrected chi connectivity index (χ3v) is 3.75. The standard InChI is InChI=1S/C15H23FN2O/c1-11(17)14(12-4-6-13(16)7-5-12)18-8-9-19-10-15(18,2)3/h4-7,11,14H,8-10,17H2,1-3H3. The van der Waals surface area contributed by atoms with Gasteiger partial charge in [-0.1, -0.05) is 12.1 Å². The summed E-state index contributed by atoms with van der Waals surface area (Å²) in [4.78, 5) is 2.37. The summed E-state index contributed by atoms with van der Waals surface area (Å²) in [5.41, 5.74) is 7.18. The Hall–Kier alpha value is -0.970. The van der Waals surface area contributed by atoms with Gasteiger partial charge in [0.1, 0.15) is 5.82 Å². The molecule has 0 radical (unpaired) electrons. The molecule has 1 heterocycles. The van der Waals surface area contributed by atoms with Gasteiger partial charge in [0.2, 0.25) is 0 Å². The van der Waals surface area contributed by atoms with E-state index < -0.39 is 0 Å². The van der Waals surface area contributed by atoms with Crippen LogP contribution in [0.5, 0.6) is 0 Å². The number of hydrogen-bond acceptors (Lipinski definition) is 3. The van der Waals surface area contributed by atoms with E-state index in [1.54, 1.807) is 0 Å². The molecular formula is C15H23FN2O. The molecule has 3 nitrogen and oxygen atoms in total. The number of hydrogen-bond donors (Lipinski definition) is 1. The molecule has 2 atom stereocenters. The second-order valence-electron chi connectivity index (χ2n) is 5.91. The number of halogens is 1. The molecule has 0 aromatic heterocycles. The van der Waals surface area contributed by atoms with Gasteiger partial charge in [0, 0.05) is 18.1 Å². The van der Waals surface area contributed by atoms with Gasteiger partial charge in [0.15, 0.2) is 0 Å². The van der Waals surface area contributed by atoms with Gasteiger partial charge in [-0.15, -0.1) is 0 Å². The second-order valence-corrected chi connectivity index (χ2v) is 5.91. The molecule has 0 amide bonds. The molecule has 2 N–H and O–H groups in total. The fourth-order valence-electron chi connectivity index (χ4n) is 2.81. The van der Waals surface area contributed by atoms with Crippen LogP contribution in [0.25, 0.3) is 0 Å². The van der Waals surface area contributed by atoms with E-state index in [1.807, 2.05) is 19.1 Å².